The molecule has 0 aliphatic carbocycles. The molecule has 0 spiro atoms. The molecule has 0 saturated carbocycles. The molecular weight excluding hydrogens is 276 g/mol. The minimum Gasteiger partial charge on any atom is -0.382 e. The fourth-order valence-corrected chi connectivity index (χ4v) is 3.67. The van der Waals surface area contributed by atoms with Crippen LogP contribution in [0.15, 0.2) is 4.99 Å². The summed E-state index contributed by atoms with van der Waals surface area (Å²) in [6, 6.07) is 0. The van der Waals surface area contributed by atoms with Gasteiger partial charge in [-0.3, -0.25) is 4.99 Å². The van der Waals surface area contributed by atoms with Crippen molar-refractivity contribution >= 4 is 17.8 Å². The van der Waals surface area contributed by atoms with Gasteiger partial charge in [-0.15, -0.1) is 5.06 Å². The van der Waals surface area contributed by atoms with Gasteiger partial charge >= 0.3 is 0 Å². The summed E-state index contributed by atoms with van der Waals surface area (Å²) in [5.74, 6) is 0. The molecule has 1 saturated heterocycles. The minimum absolute atomic E-state index is 0.0638. The average Bonchev–Trinajstić information content (AvgIpc) is 2.69. The monoisotopic (exact) mass is 302 g/mol. The Morgan fingerprint density at radius 1 is 1.50 bits per heavy atom. The highest BCUT2D eigenvalue weighted by Gasteiger charge is 2.41. The normalized spacial score (nSPS) is 30.4. The predicted octanol–water partition coefficient (Wildman–Crippen LogP) is 1.82. The third kappa shape index (κ3) is 3.72. The van der Waals surface area contributed by atoms with Crippen LogP contribution >= 0.6 is 12.1 Å². The first-order chi connectivity index (χ1) is 9.52. The maximum atomic E-state index is 10.2. The van der Waals surface area contributed by atoms with Crippen LogP contribution in [-0.2, 0) is 4.74 Å². The lowest BCUT2D eigenvalue weighted by Gasteiger charge is -2.39. The van der Waals surface area contributed by atoms with Gasteiger partial charge in [0.05, 0.1) is 18.4 Å². The molecule has 2 rings (SSSR count). The van der Waals surface area contributed by atoms with Crippen LogP contribution in [0.3, 0.4) is 0 Å². The molecule has 3 unspecified atom stereocenters. The first kappa shape index (κ1) is 16.2. The number of hydrogen-bond donors (Lipinski definition) is 1. The van der Waals surface area contributed by atoms with E-state index in [-0.39, 0.29) is 12.3 Å². The fourth-order valence-electron chi connectivity index (χ4n) is 2.60. The summed E-state index contributed by atoms with van der Waals surface area (Å²) in [7, 11) is 3.82. The third-order valence-electron chi connectivity index (χ3n) is 3.83. The molecule has 2 heterocycles. The Labute approximate surface area is 126 Å². The van der Waals surface area contributed by atoms with Crippen molar-refractivity contribution in [1.82, 2.24) is 13.7 Å². The highest BCUT2D eigenvalue weighted by molar-refractivity contribution is 7.94. The number of methoxy groups -OCH3 is 1. The maximum Gasteiger partial charge on any atom is 0.139 e. The lowest BCUT2D eigenvalue weighted by atomic mass is 10.1. The van der Waals surface area contributed by atoms with Gasteiger partial charge in [-0.25, -0.2) is 8.61 Å². The van der Waals surface area contributed by atoms with Gasteiger partial charge in [0, 0.05) is 25.8 Å². The van der Waals surface area contributed by atoms with Crippen molar-refractivity contribution in [1.29, 1.82) is 0 Å². The second-order valence-electron chi connectivity index (χ2n) is 5.56. The fraction of sp³-hybridized carbons (Fsp3) is 0.923. The Kier molecular flexibility index (Phi) is 5.83. The highest BCUT2D eigenvalue weighted by Crippen LogP contribution is 2.31. The SMILES string of the molecule is COC(C)CCCCN1SN(C)CC2=NC(C)N(O)C21. The van der Waals surface area contributed by atoms with E-state index < -0.39 is 0 Å². The van der Waals surface area contributed by atoms with Crippen molar-refractivity contribution in [3.63, 3.8) is 0 Å². The largest absolute Gasteiger partial charge is 0.382 e. The van der Waals surface area contributed by atoms with E-state index in [2.05, 4.69) is 27.6 Å². The first-order valence-corrected chi connectivity index (χ1v) is 7.98. The second kappa shape index (κ2) is 7.20. The summed E-state index contributed by atoms with van der Waals surface area (Å²) in [5.41, 5.74) is 1.06. The van der Waals surface area contributed by atoms with Crippen molar-refractivity contribution in [2.45, 2.75) is 51.5 Å². The Balaban J connectivity index is 1.85. The van der Waals surface area contributed by atoms with Gasteiger partial charge in [-0.2, -0.15) is 0 Å². The van der Waals surface area contributed by atoms with Crippen LogP contribution < -0.4 is 0 Å². The Morgan fingerprint density at radius 3 is 2.95 bits per heavy atom. The molecule has 0 amide bonds. The van der Waals surface area contributed by atoms with Crippen molar-refractivity contribution in [3.8, 4) is 0 Å². The van der Waals surface area contributed by atoms with E-state index in [1.165, 1.54) is 5.06 Å². The molecule has 0 aromatic carbocycles. The van der Waals surface area contributed by atoms with Gasteiger partial charge in [-0.1, -0.05) is 0 Å². The number of aliphatic imine (C=N–C) groups is 1. The van der Waals surface area contributed by atoms with E-state index in [1.54, 1.807) is 19.2 Å². The third-order valence-corrected chi connectivity index (χ3v) is 4.83. The number of nitrogens with zero attached hydrogens (tertiary/aromatic N) is 4. The van der Waals surface area contributed by atoms with Crippen LogP contribution in [0.1, 0.15) is 33.1 Å². The standard InChI is InChI=1S/C13H26N4O2S/c1-10(19-4)7-5-6-8-16-13-12(9-15(3)20-16)14-11(2)17(13)18/h10-11,13,18H,5-9H2,1-4H3. The van der Waals surface area contributed by atoms with Gasteiger partial charge in [0.25, 0.3) is 0 Å². The smallest absolute Gasteiger partial charge is 0.139 e. The van der Waals surface area contributed by atoms with Gasteiger partial charge in [0.15, 0.2) is 0 Å². The first-order valence-electron chi connectivity index (χ1n) is 7.25. The number of hydrogen-bond acceptors (Lipinski definition) is 7. The summed E-state index contributed by atoms with van der Waals surface area (Å²) >= 11 is 1.69. The summed E-state index contributed by atoms with van der Waals surface area (Å²) in [6.45, 7) is 5.78. The van der Waals surface area contributed by atoms with E-state index in [0.717, 1.165) is 38.1 Å². The molecular formula is C13H26N4O2S. The second-order valence-corrected chi connectivity index (χ2v) is 6.81. The van der Waals surface area contributed by atoms with Crippen LogP contribution in [0, 0.1) is 0 Å². The molecule has 2 aliphatic heterocycles. The van der Waals surface area contributed by atoms with Crippen molar-refractivity contribution in [3.05, 3.63) is 0 Å². The quantitative estimate of drug-likeness (QED) is 0.597. The zero-order valence-corrected chi connectivity index (χ0v) is 13.6. The van der Waals surface area contributed by atoms with Crippen molar-refractivity contribution < 1.29 is 9.94 Å². The van der Waals surface area contributed by atoms with Gasteiger partial charge in [0.1, 0.15) is 12.3 Å². The van der Waals surface area contributed by atoms with Crippen LogP contribution in [0.2, 0.25) is 0 Å². The zero-order valence-electron chi connectivity index (χ0n) is 12.8. The molecule has 7 heteroatoms. The lowest BCUT2D eigenvalue weighted by Crippen LogP contribution is -2.53. The molecule has 0 aromatic rings. The topological polar surface area (TPSA) is 51.5 Å². The minimum atomic E-state index is -0.141. The van der Waals surface area contributed by atoms with Crippen LogP contribution in [0.4, 0.5) is 0 Å². The van der Waals surface area contributed by atoms with Crippen LogP contribution in [0.5, 0.6) is 0 Å². The van der Waals surface area contributed by atoms with Gasteiger partial charge in [-0.05, 0) is 40.2 Å². The highest BCUT2D eigenvalue weighted by atomic mass is 32.2. The lowest BCUT2D eigenvalue weighted by molar-refractivity contribution is -0.148. The van der Waals surface area contributed by atoms with Crippen LogP contribution in [-0.4, -0.2) is 70.3 Å². The molecule has 1 N–H and O–H groups in total. The van der Waals surface area contributed by atoms with E-state index in [1.807, 2.05) is 6.92 Å². The maximum absolute atomic E-state index is 10.2. The number of ether oxygens (including phenoxy) is 1. The average molecular weight is 302 g/mol. The molecule has 0 aromatic heterocycles. The van der Waals surface area contributed by atoms with Gasteiger partial charge < -0.3 is 9.94 Å². The summed E-state index contributed by atoms with van der Waals surface area (Å²) in [6.07, 6.45) is 3.43. The Bertz CT molecular complexity index is 355. The molecule has 3 atom stereocenters. The number of hydroxylamine groups is 2. The summed E-state index contributed by atoms with van der Waals surface area (Å²) in [5, 5.41) is 11.5. The Hall–Kier alpha value is -0.180. The molecule has 0 bridgehead atoms. The van der Waals surface area contributed by atoms with E-state index in [4.69, 9.17) is 4.74 Å². The molecule has 2 aliphatic rings. The van der Waals surface area contributed by atoms with E-state index in [9.17, 15) is 5.21 Å². The van der Waals surface area contributed by atoms with E-state index in [0.29, 0.717) is 6.10 Å². The molecule has 20 heavy (non-hydrogen) atoms. The summed E-state index contributed by atoms with van der Waals surface area (Å²) in [4.78, 5) is 4.54. The van der Waals surface area contributed by atoms with Crippen molar-refractivity contribution in [2.24, 2.45) is 4.99 Å². The van der Waals surface area contributed by atoms with Gasteiger partial charge in [0.2, 0.25) is 0 Å². The Morgan fingerprint density at radius 2 is 2.25 bits per heavy atom. The van der Waals surface area contributed by atoms with Crippen LogP contribution in [0.25, 0.3) is 0 Å². The summed E-state index contributed by atoms with van der Waals surface area (Å²) < 4.78 is 9.66. The number of fused-ring (bicyclic) bond motifs is 1. The number of unbranched alkanes of at least 4 members (excludes halogenated alkanes) is 1. The van der Waals surface area contributed by atoms with Crippen molar-refractivity contribution in [2.75, 3.05) is 27.2 Å². The molecule has 6 nitrogen and oxygen atoms in total. The molecule has 1 fully saturated rings. The number of rotatable bonds is 6. The predicted molar refractivity (Wildman–Crippen MR) is 81.6 cm³/mol. The molecule has 116 valence electrons. The zero-order chi connectivity index (χ0) is 14.7. The molecule has 0 radical (unpaired) electrons. The van der Waals surface area contributed by atoms with E-state index >= 15 is 0 Å².